The summed E-state index contributed by atoms with van der Waals surface area (Å²) in [7, 11) is -7.06. The summed E-state index contributed by atoms with van der Waals surface area (Å²) in [5, 5.41) is 0.926. The SMILES string of the molecule is Cc1ccccc1P(=O)(O)CC1CCC(CP(=O)(O)c2ccccc2C)O1. The van der Waals surface area contributed by atoms with Gasteiger partial charge >= 0.3 is 0 Å². The second-order valence-electron chi connectivity index (χ2n) is 7.30. The standard InChI is InChI=1S/C20H26O5P2/c1-15-7-3-5-9-19(15)26(21,22)13-17-11-12-18(25-17)14-27(23,24)20-10-6-4-8-16(20)2/h3-10,17-18H,11-14H2,1-2H3,(H,21,22)(H,23,24). The van der Waals surface area contributed by atoms with Gasteiger partial charge in [0.2, 0.25) is 14.7 Å². The van der Waals surface area contributed by atoms with E-state index in [2.05, 4.69) is 0 Å². The topological polar surface area (TPSA) is 83.8 Å². The largest absolute Gasteiger partial charge is 0.374 e. The third-order valence-corrected chi connectivity index (χ3v) is 9.40. The van der Waals surface area contributed by atoms with E-state index in [0.29, 0.717) is 23.5 Å². The molecule has 0 bridgehead atoms. The van der Waals surface area contributed by atoms with Gasteiger partial charge in [-0.15, -0.1) is 0 Å². The van der Waals surface area contributed by atoms with Crippen LogP contribution in [-0.4, -0.2) is 34.3 Å². The van der Waals surface area contributed by atoms with Crippen molar-refractivity contribution in [2.75, 3.05) is 12.3 Å². The summed E-state index contributed by atoms with van der Waals surface area (Å²) in [5.74, 6) is 0. The van der Waals surface area contributed by atoms with Gasteiger partial charge in [-0.25, -0.2) is 0 Å². The van der Waals surface area contributed by atoms with Crippen LogP contribution in [0, 0.1) is 13.8 Å². The van der Waals surface area contributed by atoms with Crippen molar-refractivity contribution in [3.63, 3.8) is 0 Å². The van der Waals surface area contributed by atoms with Crippen LogP contribution in [0.3, 0.4) is 0 Å². The van der Waals surface area contributed by atoms with E-state index in [0.717, 1.165) is 11.1 Å². The minimum absolute atomic E-state index is 0.0362. The fourth-order valence-corrected chi connectivity index (χ4v) is 7.63. The smallest absolute Gasteiger partial charge is 0.232 e. The fraction of sp³-hybridized carbons (Fsp3) is 0.400. The molecule has 1 heterocycles. The van der Waals surface area contributed by atoms with Crippen LogP contribution in [-0.2, 0) is 13.9 Å². The average Bonchev–Trinajstić information content (AvgIpc) is 3.00. The normalized spacial score (nSPS) is 24.3. The van der Waals surface area contributed by atoms with E-state index in [-0.39, 0.29) is 24.5 Å². The highest BCUT2D eigenvalue weighted by atomic mass is 31.2. The number of aryl methyl sites for hydroxylation is 2. The number of benzene rings is 2. The Morgan fingerprint density at radius 3 is 1.56 bits per heavy atom. The lowest BCUT2D eigenvalue weighted by Gasteiger charge is -2.21. The highest BCUT2D eigenvalue weighted by molar-refractivity contribution is 7.66. The Hall–Kier alpha value is -1.22. The third kappa shape index (κ3) is 4.80. The van der Waals surface area contributed by atoms with Crippen molar-refractivity contribution in [2.45, 2.75) is 38.9 Å². The summed E-state index contributed by atoms with van der Waals surface area (Å²) < 4.78 is 31.5. The van der Waals surface area contributed by atoms with Crippen molar-refractivity contribution in [1.29, 1.82) is 0 Å². The first kappa shape index (κ1) is 20.5. The Morgan fingerprint density at radius 1 is 0.815 bits per heavy atom. The summed E-state index contributed by atoms with van der Waals surface area (Å²) in [5.41, 5.74) is 1.58. The van der Waals surface area contributed by atoms with Crippen LogP contribution in [0.2, 0.25) is 0 Å². The zero-order valence-corrected chi connectivity index (χ0v) is 17.4. The average molecular weight is 408 g/mol. The van der Waals surface area contributed by atoms with Crippen LogP contribution in [0.5, 0.6) is 0 Å². The van der Waals surface area contributed by atoms with Crippen LogP contribution in [0.15, 0.2) is 48.5 Å². The Bertz CT molecular complexity index is 837. The number of hydrogen-bond acceptors (Lipinski definition) is 3. The number of rotatable bonds is 6. The summed E-state index contributed by atoms with van der Waals surface area (Å²) in [4.78, 5) is 21.1. The highest BCUT2D eigenvalue weighted by Gasteiger charge is 2.37. The summed E-state index contributed by atoms with van der Waals surface area (Å²) in [6.07, 6.45) is 0.566. The molecular formula is C20H26O5P2. The molecule has 2 aromatic rings. The van der Waals surface area contributed by atoms with Crippen LogP contribution in [0.1, 0.15) is 24.0 Å². The molecule has 1 saturated heterocycles. The molecule has 7 heteroatoms. The predicted octanol–water partition coefficient (Wildman–Crippen LogP) is 3.34. The third-order valence-electron chi connectivity index (χ3n) is 5.08. The monoisotopic (exact) mass is 408 g/mol. The number of ether oxygens (including phenoxy) is 1. The molecule has 0 saturated carbocycles. The zero-order chi connectivity index (χ0) is 19.7. The van der Waals surface area contributed by atoms with Gasteiger partial charge in [-0.05, 0) is 49.9 Å². The van der Waals surface area contributed by atoms with Crippen LogP contribution < -0.4 is 10.6 Å². The molecule has 0 aromatic heterocycles. The van der Waals surface area contributed by atoms with Crippen molar-refractivity contribution in [3.8, 4) is 0 Å². The van der Waals surface area contributed by atoms with E-state index in [1.54, 1.807) is 24.3 Å². The number of hydrogen-bond donors (Lipinski definition) is 2. The van der Waals surface area contributed by atoms with Gasteiger partial charge < -0.3 is 14.5 Å². The van der Waals surface area contributed by atoms with Crippen molar-refractivity contribution >= 4 is 25.3 Å². The first-order valence-corrected chi connectivity index (χ1v) is 12.8. The van der Waals surface area contributed by atoms with E-state index >= 15 is 0 Å². The molecule has 0 radical (unpaired) electrons. The fourth-order valence-electron chi connectivity index (χ4n) is 3.71. The summed E-state index contributed by atoms with van der Waals surface area (Å²) in [6.45, 7) is 3.64. The second-order valence-corrected chi connectivity index (χ2v) is 11.8. The molecule has 0 aliphatic carbocycles. The summed E-state index contributed by atoms with van der Waals surface area (Å²) in [6, 6.07) is 14.2. The molecule has 146 valence electrons. The molecule has 2 aromatic carbocycles. The van der Waals surface area contributed by atoms with Gasteiger partial charge in [0.05, 0.1) is 24.5 Å². The van der Waals surface area contributed by atoms with Crippen molar-refractivity contribution in [1.82, 2.24) is 0 Å². The highest BCUT2D eigenvalue weighted by Crippen LogP contribution is 2.46. The van der Waals surface area contributed by atoms with Gasteiger partial charge in [0.15, 0.2) is 0 Å². The minimum Gasteiger partial charge on any atom is -0.374 e. The van der Waals surface area contributed by atoms with Gasteiger partial charge in [0, 0.05) is 10.6 Å². The van der Waals surface area contributed by atoms with Gasteiger partial charge in [-0.3, -0.25) is 9.13 Å². The van der Waals surface area contributed by atoms with Gasteiger partial charge in [-0.1, -0.05) is 36.4 Å². The van der Waals surface area contributed by atoms with Crippen molar-refractivity contribution in [2.24, 2.45) is 0 Å². The first-order chi connectivity index (χ1) is 12.7. The van der Waals surface area contributed by atoms with Crippen molar-refractivity contribution in [3.05, 3.63) is 59.7 Å². The van der Waals surface area contributed by atoms with E-state index in [1.807, 2.05) is 38.1 Å². The Morgan fingerprint density at radius 2 is 1.19 bits per heavy atom. The Balaban J connectivity index is 1.65. The molecule has 4 unspecified atom stereocenters. The molecule has 0 amide bonds. The van der Waals surface area contributed by atoms with E-state index < -0.39 is 14.7 Å². The summed E-state index contributed by atoms with van der Waals surface area (Å²) >= 11 is 0. The second kappa shape index (κ2) is 8.03. The van der Waals surface area contributed by atoms with Gasteiger partial charge in [0.25, 0.3) is 0 Å². The van der Waals surface area contributed by atoms with Crippen LogP contribution in [0.25, 0.3) is 0 Å². The predicted molar refractivity (Wildman–Crippen MR) is 109 cm³/mol. The Kier molecular flexibility index (Phi) is 6.10. The maximum Gasteiger partial charge on any atom is 0.232 e. The van der Waals surface area contributed by atoms with Crippen LogP contribution in [0.4, 0.5) is 0 Å². The van der Waals surface area contributed by atoms with E-state index in [4.69, 9.17) is 4.74 Å². The molecule has 5 nitrogen and oxygen atoms in total. The maximum absolute atomic E-state index is 12.8. The molecule has 0 spiro atoms. The van der Waals surface area contributed by atoms with E-state index in [9.17, 15) is 18.9 Å². The molecule has 4 atom stereocenters. The molecule has 1 fully saturated rings. The molecular weight excluding hydrogens is 382 g/mol. The first-order valence-electron chi connectivity index (χ1n) is 9.10. The van der Waals surface area contributed by atoms with E-state index in [1.165, 1.54) is 0 Å². The molecule has 27 heavy (non-hydrogen) atoms. The van der Waals surface area contributed by atoms with Crippen LogP contribution >= 0.6 is 14.7 Å². The molecule has 2 N–H and O–H groups in total. The minimum atomic E-state index is -3.53. The molecule has 1 aliphatic heterocycles. The van der Waals surface area contributed by atoms with Gasteiger partial charge in [-0.2, -0.15) is 0 Å². The lowest BCUT2D eigenvalue weighted by Crippen LogP contribution is -2.23. The Labute approximate surface area is 160 Å². The lowest BCUT2D eigenvalue weighted by atomic mass is 10.2. The van der Waals surface area contributed by atoms with Gasteiger partial charge in [0.1, 0.15) is 0 Å². The van der Waals surface area contributed by atoms with Crippen molar-refractivity contribution < 1.29 is 23.7 Å². The zero-order valence-electron chi connectivity index (χ0n) is 15.6. The lowest BCUT2D eigenvalue weighted by molar-refractivity contribution is 0.0687. The maximum atomic E-state index is 12.8. The molecule has 3 rings (SSSR count). The molecule has 1 aliphatic rings. The quantitative estimate of drug-likeness (QED) is 0.717.